The molecule has 0 aliphatic heterocycles. The Hall–Kier alpha value is -3.67. The Bertz CT molecular complexity index is 1200. The van der Waals surface area contributed by atoms with Crippen molar-refractivity contribution < 1.29 is 18.7 Å². The van der Waals surface area contributed by atoms with E-state index in [0.717, 1.165) is 35.1 Å². The molecule has 0 spiro atoms. The summed E-state index contributed by atoms with van der Waals surface area (Å²) in [6.07, 6.45) is 2.08. The molecule has 1 atom stereocenters. The summed E-state index contributed by atoms with van der Waals surface area (Å²) < 4.78 is 20.6. The van der Waals surface area contributed by atoms with Crippen molar-refractivity contribution in [2.45, 2.75) is 59.5 Å². The maximum absolute atomic E-state index is 14.7. The van der Waals surface area contributed by atoms with Gasteiger partial charge in [-0.05, 0) is 61.6 Å². The molecule has 0 saturated heterocycles. The predicted molar refractivity (Wildman–Crippen MR) is 145 cm³/mol. The van der Waals surface area contributed by atoms with E-state index >= 15 is 0 Å². The number of carbonyl (C=O) groups excluding carboxylic acids is 2. The van der Waals surface area contributed by atoms with Crippen molar-refractivity contribution in [2.75, 3.05) is 13.2 Å². The van der Waals surface area contributed by atoms with Crippen molar-refractivity contribution in [3.05, 3.63) is 100 Å². The molecule has 0 heterocycles. The van der Waals surface area contributed by atoms with E-state index in [4.69, 9.17) is 4.74 Å². The monoisotopic (exact) mass is 504 g/mol. The number of halogens is 1. The molecule has 0 aliphatic rings. The zero-order valence-corrected chi connectivity index (χ0v) is 22.2. The van der Waals surface area contributed by atoms with Gasteiger partial charge in [0.05, 0.1) is 0 Å². The van der Waals surface area contributed by atoms with Crippen LogP contribution in [-0.2, 0) is 22.6 Å². The quantitative estimate of drug-likeness (QED) is 0.323. The van der Waals surface area contributed by atoms with E-state index in [9.17, 15) is 14.0 Å². The van der Waals surface area contributed by atoms with E-state index in [1.807, 2.05) is 64.1 Å². The minimum atomic E-state index is -0.824. The summed E-state index contributed by atoms with van der Waals surface area (Å²) in [5.74, 6) is -0.433. The number of amides is 2. The fourth-order valence-electron chi connectivity index (χ4n) is 4.24. The molecular weight excluding hydrogens is 467 g/mol. The van der Waals surface area contributed by atoms with Gasteiger partial charge < -0.3 is 15.0 Å². The molecule has 0 aromatic heterocycles. The molecule has 0 unspecified atom stereocenters. The molecule has 0 fully saturated rings. The van der Waals surface area contributed by atoms with E-state index in [1.165, 1.54) is 11.0 Å². The van der Waals surface area contributed by atoms with Gasteiger partial charge in [-0.1, -0.05) is 67.9 Å². The first-order valence-electron chi connectivity index (χ1n) is 12.8. The van der Waals surface area contributed by atoms with Crippen LogP contribution in [0.5, 0.6) is 5.75 Å². The van der Waals surface area contributed by atoms with E-state index in [0.29, 0.717) is 24.3 Å². The van der Waals surface area contributed by atoms with E-state index in [2.05, 4.69) is 11.4 Å². The average Bonchev–Trinajstić information content (AvgIpc) is 2.88. The fourth-order valence-corrected chi connectivity index (χ4v) is 4.24. The van der Waals surface area contributed by atoms with Gasteiger partial charge in [0, 0.05) is 25.1 Å². The topological polar surface area (TPSA) is 58.6 Å². The molecule has 6 heteroatoms. The molecule has 37 heavy (non-hydrogen) atoms. The van der Waals surface area contributed by atoms with Gasteiger partial charge in [0.25, 0.3) is 5.91 Å². The van der Waals surface area contributed by atoms with Gasteiger partial charge in [0.15, 0.2) is 6.61 Å². The summed E-state index contributed by atoms with van der Waals surface area (Å²) in [5, 5.41) is 2.97. The number of carbonyl (C=O) groups is 2. The lowest BCUT2D eigenvalue weighted by atomic mass is 10.0. The number of aryl methyl sites for hydroxylation is 2. The number of ether oxygens (including phenoxy) is 1. The van der Waals surface area contributed by atoms with Gasteiger partial charge in [-0.15, -0.1) is 0 Å². The number of benzene rings is 3. The first kappa shape index (κ1) is 27.9. The standard InChI is InChI=1S/C31H37FN2O3/c1-5-6-16-33-31(36)28(19-25-12-8-7-9-13-25)34(20-26-14-10-11-15-27(26)32)30(35)21-37-29-18-22(2)17-23(3)24(29)4/h7-15,17-18,28H,5-6,16,19-21H2,1-4H3,(H,33,36)/t28-/m0/s1. The highest BCUT2D eigenvalue weighted by Crippen LogP contribution is 2.24. The van der Waals surface area contributed by atoms with Gasteiger partial charge in [-0.3, -0.25) is 9.59 Å². The SMILES string of the molecule is CCCCNC(=O)[C@H](Cc1ccccc1)N(Cc1ccccc1F)C(=O)COc1cc(C)cc(C)c1C. The van der Waals surface area contributed by atoms with E-state index in [1.54, 1.807) is 18.2 Å². The minimum absolute atomic E-state index is 0.0423. The van der Waals surface area contributed by atoms with E-state index in [-0.39, 0.29) is 25.0 Å². The van der Waals surface area contributed by atoms with Crippen LogP contribution in [0.3, 0.4) is 0 Å². The lowest BCUT2D eigenvalue weighted by molar-refractivity contribution is -0.142. The highest BCUT2D eigenvalue weighted by molar-refractivity contribution is 5.88. The number of nitrogens with one attached hydrogen (secondary N) is 1. The molecule has 0 saturated carbocycles. The molecule has 5 nitrogen and oxygen atoms in total. The second kappa shape index (κ2) is 13.6. The average molecular weight is 505 g/mol. The number of unbranched alkanes of at least 4 members (excludes halogenated alkanes) is 1. The first-order valence-corrected chi connectivity index (χ1v) is 12.8. The summed E-state index contributed by atoms with van der Waals surface area (Å²) in [6.45, 7) is 8.19. The van der Waals surface area contributed by atoms with Gasteiger partial charge in [0.1, 0.15) is 17.6 Å². The summed E-state index contributed by atoms with van der Waals surface area (Å²) in [4.78, 5) is 28.5. The lowest BCUT2D eigenvalue weighted by Crippen LogP contribution is -2.52. The van der Waals surface area contributed by atoms with Gasteiger partial charge in [0.2, 0.25) is 5.91 Å². The van der Waals surface area contributed by atoms with Crippen molar-refractivity contribution in [1.82, 2.24) is 10.2 Å². The number of hydrogen-bond acceptors (Lipinski definition) is 3. The van der Waals surface area contributed by atoms with Crippen LogP contribution in [0.4, 0.5) is 4.39 Å². The summed E-state index contributed by atoms with van der Waals surface area (Å²) in [7, 11) is 0. The molecule has 3 aromatic rings. The van der Waals surface area contributed by atoms with Crippen LogP contribution in [0.25, 0.3) is 0 Å². The second-order valence-corrected chi connectivity index (χ2v) is 9.46. The van der Waals surface area contributed by atoms with Crippen molar-refractivity contribution in [1.29, 1.82) is 0 Å². The molecule has 3 rings (SSSR count). The molecule has 3 aromatic carbocycles. The highest BCUT2D eigenvalue weighted by Gasteiger charge is 2.31. The Morgan fingerprint density at radius 1 is 1.00 bits per heavy atom. The van der Waals surface area contributed by atoms with Crippen LogP contribution in [-0.4, -0.2) is 35.9 Å². The van der Waals surface area contributed by atoms with Gasteiger partial charge >= 0.3 is 0 Å². The van der Waals surface area contributed by atoms with Crippen LogP contribution in [0.15, 0.2) is 66.7 Å². The Kier molecular flexibility index (Phi) is 10.2. The summed E-state index contributed by atoms with van der Waals surface area (Å²) in [5.41, 5.74) is 4.32. The third kappa shape index (κ3) is 7.91. The largest absolute Gasteiger partial charge is 0.483 e. The van der Waals surface area contributed by atoms with Crippen molar-refractivity contribution in [2.24, 2.45) is 0 Å². The normalized spacial score (nSPS) is 11.6. The number of hydrogen-bond donors (Lipinski definition) is 1. The van der Waals surface area contributed by atoms with Crippen LogP contribution in [0.2, 0.25) is 0 Å². The van der Waals surface area contributed by atoms with Crippen LogP contribution < -0.4 is 10.1 Å². The molecule has 0 bridgehead atoms. The summed E-state index contributed by atoms with van der Waals surface area (Å²) in [6, 6.07) is 19.0. The van der Waals surface area contributed by atoms with Gasteiger partial charge in [-0.25, -0.2) is 4.39 Å². The Labute approximate surface area is 219 Å². The molecule has 196 valence electrons. The lowest BCUT2D eigenvalue weighted by Gasteiger charge is -2.31. The molecule has 0 aliphatic carbocycles. The van der Waals surface area contributed by atoms with Crippen molar-refractivity contribution in [3.8, 4) is 5.75 Å². The maximum Gasteiger partial charge on any atom is 0.261 e. The van der Waals surface area contributed by atoms with Crippen molar-refractivity contribution >= 4 is 11.8 Å². The molecule has 2 amide bonds. The first-order chi connectivity index (χ1) is 17.8. The Balaban J connectivity index is 1.93. The molecule has 0 radical (unpaired) electrons. The second-order valence-electron chi connectivity index (χ2n) is 9.46. The highest BCUT2D eigenvalue weighted by atomic mass is 19.1. The zero-order valence-electron chi connectivity index (χ0n) is 22.2. The molecule has 1 N–H and O–H groups in total. The van der Waals surface area contributed by atoms with Crippen LogP contribution >= 0.6 is 0 Å². The smallest absolute Gasteiger partial charge is 0.261 e. The fraction of sp³-hybridized carbons (Fsp3) is 0.355. The number of rotatable bonds is 12. The zero-order chi connectivity index (χ0) is 26.8. The molecular formula is C31H37FN2O3. The third-order valence-corrected chi connectivity index (χ3v) is 6.51. The predicted octanol–water partition coefficient (Wildman–Crippen LogP) is 5.69. The Morgan fingerprint density at radius 2 is 1.70 bits per heavy atom. The minimum Gasteiger partial charge on any atom is -0.483 e. The van der Waals surface area contributed by atoms with Crippen molar-refractivity contribution in [3.63, 3.8) is 0 Å². The van der Waals surface area contributed by atoms with E-state index < -0.39 is 11.9 Å². The van der Waals surface area contributed by atoms with Crippen LogP contribution in [0, 0.1) is 26.6 Å². The number of nitrogens with zero attached hydrogens (tertiary/aromatic N) is 1. The Morgan fingerprint density at radius 3 is 2.41 bits per heavy atom. The summed E-state index contributed by atoms with van der Waals surface area (Å²) >= 11 is 0. The third-order valence-electron chi connectivity index (χ3n) is 6.51. The van der Waals surface area contributed by atoms with Gasteiger partial charge in [-0.2, -0.15) is 0 Å². The maximum atomic E-state index is 14.7. The van der Waals surface area contributed by atoms with Crippen LogP contribution in [0.1, 0.15) is 47.6 Å².